The summed E-state index contributed by atoms with van der Waals surface area (Å²) in [5.74, 6) is -1.80. The SMILES string of the molecule is COC(=O)C1=C(C)N(CCCC(=O)O)C(=O)NC1c1ccccc1OS(=O)(=O)c1ccc(C)cc1. The lowest BCUT2D eigenvalue weighted by atomic mass is 9.94. The van der Waals surface area contributed by atoms with Crippen LogP contribution in [0, 0.1) is 6.92 Å². The Labute approximate surface area is 203 Å². The van der Waals surface area contributed by atoms with Crippen molar-refractivity contribution in [3.8, 4) is 5.75 Å². The number of carbonyl (C=O) groups is 3. The molecule has 2 N–H and O–H groups in total. The first kappa shape index (κ1) is 25.8. The molecule has 10 nitrogen and oxygen atoms in total. The summed E-state index contributed by atoms with van der Waals surface area (Å²) in [6.45, 7) is 3.44. The van der Waals surface area contributed by atoms with E-state index in [-0.39, 0.29) is 46.9 Å². The number of carbonyl (C=O) groups excluding carboxylic acids is 2. The second kappa shape index (κ2) is 10.6. The van der Waals surface area contributed by atoms with Crippen LogP contribution in [0.25, 0.3) is 0 Å². The van der Waals surface area contributed by atoms with E-state index in [4.69, 9.17) is 14.0 Å². The van der Waals surface area contributed by atoms with Gasteiger partial charge in [-0.25, -0.2) is 9.59 Å². The number of amides is 2. The number of nitrogens with one attached hydrogen (secondary N) is 1. The summed E-state index contributed by atoms with van der Waals surface area (Å²) in [6.07, 6.45) is 0.0231. The maximum Gasteiger partial charge on any atom is 0.339 e. The lowest BCUT2D eigenvalue weighted by Gasteiger charge is -2.35. The van der Waals surface area contributed by atoms with E-state index in [0.717, 1.165) is 5.56 Å². The van der Waals surface area contributed by atoms with Crippen molar-refractivity contribution in [2.45, 2.75) is 37.6 Å². The standard InChI is InChI=1S/C24H26N2O8S/c1-15-10-12-17(13-11-15)35(31,32)34-19-8-5-4-7-18(19)22-21(23(29)33-3)16(2)26(24(30)25-22)14-6-9-20(27)28/h4-5,7-8,10-13,22H,6,9,14H2,1-3H3,(H,25,30)(H,27,28). The van der Waals surface area contributed by atoms with Gasteiger partial charge in [-0.2, -0.15) is 8.42 Å². The molecule has 1 aliphatic heterocycles. The maximum atomic E-state index is 12.9. The number of carboxylic acids is 1. The zero-order valence-electron chi connectivity index (χ0n) is 19.5. The molecule has 0 aliphatic carbocycles. The van der Waals surface area contributed by atoms with Gasteiger partial charge in [0.2, 0.25) is 0 Å². The highest BCUT2D eigenvalue weighted by molar-refractivity contribution is 7.87. The monoisotopic (exact) mass is 502 g/mol. The number of benzene rings is 2. The molecule has 1 atom stereocenters. The highest BCUT2D eigenvalue weighted by Gasteiger charge is 2.38. The number of esters is 1. The van der Waals surface area contributed by atoms with Gasteiger partial charge >= 0.3 is 28.1 Å². The quantitative estimate of drug-likeness (QED) is 0.394. The average Bonchev–Trinajstić information content (AvgIpc) is 2.80. The van der Waals surface area contributed by atoms with Crippen molar-refractivity contribution in [2.75, 3.05) is 13.7 Å². The zero-order chi connectivity index (χ0) is 25.8. The third-order valence-electron chi connectivity index (χ3n) is 5.51. The van der Waals surface area contributed by atoms with Crippen molar-refractivity contribution in [3.05, 3.63) is 70.9 Å². The van der Waals surface area contributed by atoms with Crippen LogP contribution in [-0.2, 0) is 24.4 Å². The number of urea groups is 1. The highest BCUT2D eigenvalue weighted by atomic mass is 32.2. The van der Waals surface area contributed by atoms with Crippen molar-refractivity contribution in [1.82, 2.24) is 10.2 Å². The van der Waals surface area contributed by atoms with Gasteiger partial charge in [0.05, 0.1) is 18.7 Å². The van der Waals surface area contributed by atoms with Crippen molar-refractivity contribution in [1.29, 1.82) is 0 Å². The highest BCUT2D eigenvalue weighted by Crippen LogP contribution is 2.37. The number of methoxy groups -OCH3 is 1. The molecular formula is C24H26N2O8S. The number of allylic oxidation sites excluding steroid dienone is 1. The summed E-state index contributed by atoms with van der Waals surface area (Å²) in [5, 5.41) is 11.6. The second-order valence-electron chi connectivity index (χ2n) is 7.91. The predicted octanol–water partition coefficient (Wildman–Crippen LogP) is 3.14. The van der Waals surface area contributed by atoms with E-state index in [0.29, 0.717) is 0 Å². The molecule has 1 unspecified atom stereocenters. The van der Waals surface area contributed by atoms with Crippen LogP contribution < -0.4 is 9.50 Å². The molecular weight excluding hydrogens is 476 g/mol. The van der Waals surface area contributed by atoms with Gasteiger partial charge in [0.1, 0.15) is 10.6 Å². The van der Waals surface area contributed by atoms with E-state index in [1.54, 1.807) is 37.3 Å². The van der Waals surface area contributed by atoms with E-state index >= 15 is 0 Å². The van der Waals surface area contributed by atoms with Gasteiger partial charge in [0.25, 0.3) is 0 Å². The zero-order valence-corrected chi connectivity index (χ0v) is 20.3. The summed E-state index contributed by atoms with van der Waals surface area (Å²) in [4.78, 5) is 37.7. The lowest BCUT2D eigenvalue weighted by Crippen LogP contribution is -2.48. The fraction of sp³-hybridized carbons (Fsp3) is 0.292. The Hall–Kier alpha value is -3.86. The summed E-state index contributed by atoms with van der Waals surface area (Å²) >= 11 is 0. The third kappa shape index (κ3) is 5.80. The number of aliphatic carboxylic acids is 1. The minimum Gasteiger partial charge on any atom is -0.481 e. The number of rotatable bonds is 9. The van der Waals surface area contributed by atoms with Gasteiger partial charge < -0.3 is 19.3 Å². The molecule has 0 radical (unpaired) electrons. The minimum atomic E-state index is -4.20. The van der Waals surface area contributed by atoms with Crippen LogP contribution in [0.15, 0.2) is 64.7 Å². The van der Waals surface area contributed by atoms with Crippen molar-refractivity contribution in [2.24, 2.45) is 0 Å². The van der Waals surface area contributed by atoms with Gasteiger partial charge in [0.15, 0.2) is 0 Å². The molecule has 0 spiro atoms. The maximum absolute atomic E-state index is 12.9. The number of aryl methyl sites for hydroxylation is 1. The van der Waals surface area contributed by atoms with Gasteiger partial charge in [-0.15, -0.1) is 0 Å². The van der Waals surface area contributed by atoms with E-state index in [1.165, 1.54) is 30.2 Å². The van der Waals surface area contributed by atoms with Crippen LogP contribution in [0.2, 0.25) is 0 Å². The van der Waals surface area contributed by atoms with Crippen LogP contribution in [0.3, 0.4) is 0 Å². The average molecular weight is 503 g/mol. The first-order valence-electron chi connectivity index (χ1n) is 10.7. The van der Waals surface area contributed by atoms with Crippen LogP contribution in [0.5, 0.6) is 5.75 Å². The number of ether oxygens (including phenoxy) is 1. The molecule has 11 heteroatoms. The molecule has 0 fully saturated rings. The largest absolute Gasteiger partial charge is 0.481 e. The normalized spacial score (nSPS) is 16.0. The Morgan fingerprint density at radius 3 is 2.37 bits per heavy atom. The molecule has 2 amide bonds. The number of carboxylic acid groups (broad SMARTS) is 1. The van der Waals surface area contributed by atoms with E-state index in [9.17, 15) is 22.8 Å². The Kier molecular flexibility index (Phi) is 7.80. The van der Waals surface area contributed by atoms with Crippen molar-refractivity contribution >= 4 is 28.1 Å². The molecule has 0 bridgehead atoms. The first-order valence-corrected chi connectivity index (χ1v) is 12.1. The minimum absolute atomic E-state index is 0.0462. The van der Waals surface area contributed by atoms with E-state index < -0.39 is 34.1 Å². The van der Waals surface area contributed by atoms with Crippen LogP contribution in [-0.4, -0.2) is 50.0 Å². The van der Waals surface area contributed by atoms with Crippen LogP contribution in [0.1, 0.15) is 36.9 Å². The van der Waals surface area contributed by atoms with Gasteiger partial charge in [0, 0.05) is 24.2 Å². The summed E-state index contributed by atoms with van der Waals surface area (Å²) in [7, 11) is -3.01. The molecule has 3 rings (SSSR count). The lowest BCUT2D eigenvalue weighted by molar-refractivity contribution is -0.138. The fourth-order valence-corrected chi connectivity index (χ4v) is 4.67. The van der Waals surface area contributed by atoms with Gasteiger partial charge in [-0.1, -0.05) is 35.9 Å². The number of para-hydroxylation sites is 1. The Morgan fingerprint density at radius 1 is 1.09 bits per heavy atom. The second-order valence-corrected chi connectivity index (χ2v) is 9.46. The summed E-state index contributed by atoms with van der Waals surface area (Å²) in [6, 6.07) is 10.7. The molecule has 0 saturated heterocycles. The van der Waals surface area contributed by atoms with Crippen LogP contribution in [0.4, 0.5) is 4.79 Å². The number of nitrogens with zero attached hydrogens (tertiary/aromatic N) is 1. The van der Waals surface area contributed by atoms with Crippen LogP contribution >= 0.6 is 0 Å². The summed E-state index contributed by atoms with van der Waals surface area (Å²) in [5.41, 5.74) is 1.46. The fourth-order valence-electron chi connectivity index (χ4n) is 3.71. The van der Waals surface area contributed by atoms with Crippen molar-refractivity contribution in [3.63, 3.8) is 0 Å². The summed E-state index contributed by atoms with van der Waals surface area (Å²) < 4.78 is 36.2. The van der Waals surface area contributed by atoms with Gasteiger partial charge in [-0.05, 0) is 38.5 Å². The molecule has 1 heterocycles. The predicted molar refractivity (Wildman–Crippen MR) is 125 cm³/mol. The molecule has 186 valence electrons. The van der Waals surface area contributed by atoms with E-state index in [2.05, 4.69) is 5.32 Å². The van der Waals surface area contributed by atoms with Crippen molar-refractivity contribution < 1.29 is 36.8 Å². The number of hydrogen-bond donors (Lipinski definition) is 2. The molecule has 1 aliphatic rings. The molecule has 35 heavy (non-hydrogen) atoms. The van der Waals surface area contributed by atoms with Gasteiger partial charge in [-0.3, -0.25) is 9.69 Å². The smallest absolute Gasteiger partial charge is 0.339 e. The number of hydrogen-bond acceptors (Lipinski definition) is 7. The molecule has 2 aromatic rings. The Morgan fingerprint density at radius 2 is 1.74 bits per heavy atom. The third-order valence-corrected chi connectivity index (χ3v) is 6.76. The Balaban J connectivity index is 2.01. The topological polar surface area (TPSA) is 139 Å². The Bertz CT molecular complexity index is 1270. The molecule has 2 aromatic carbocycles. The molecule has 0 aromatic heterocycles. The molecule has 0 saturated carbocycles. The van der Waals surface area contributed by atoms with E-state index in [1.807, 2.05) is 6.92 Å². The first-order chi connectivity index (χ1) is 16.5.